The van der Waals surface area contributed by atoms with Gasteiger partial charge in [-0.25, -0.2) is 4.98 Å². The van der Waals surface area contributed by atoms with Gasteiger partial charge in [0.15, 0.2) is 6.61 Å². The van der Waals surface area contributed by atoms with Crippen molar-refractivity contribution in [3.63, 3.8) is 0 Å². The fourth-order valence-corrected chi connectivity index (χ4v) is 1.89. The van der Waals surface area contributed by atoms with Crippen LogP contribution in [0.25, 0.3) is 0 Å². The van der Waals surface area contributed by atoms with Gasteiger partial charge >= 0.3 is 0 Å². The van der Waals surface area contributed by atoms with Crippen molar-refractivity contribution in [1.82, 2.24) is 14.9 Å². The normalized spacial score (nSPS) is 10.2. The Morgan fingerprint density at radius 2 is 2.09 bits per heavy atom. The highest BCUT2D eigenvalue weighted by Gasteiger charge is 2.04. The van der Waals surface area contributed by atoms with E-state index in [0.29, 0.717) is 30.3 Å². The minimum Gasteiger partial charge on any atom is -0.497 e. The SMILES string of the molecule is COc1cccc(OCC(=O)NCCn2cnc(C)cc2=O)c1. The highest BCUT2D eigenvalue weighted by atomic mass is 16.5. The van der Waals surface area contributed by atoms with Crippen molar-refractivity contribution in [3.05, 3.63) is 52.7 Å². The predicted octanol–water partition coefficient (Wildman–Crippen LogP) is 0.756. The van der Waals surface area contributed by atoms with Crippen molar-refractivity contribution in [2.24, 2.45) is 0 Å². The molecule has 0 aliphatic rings. The summed E-state index contributed by atoms with van der Waals surface area (Å²) in [5, 5.41) is 2.69. The number of carbonyl (C=O) groups is 1. The largest absolute Gasteiger partial charge is 0.497 e. The Balaban J connectivity index is 1.75. The number of hydrogen-bond donors (Lipinski definition) is 1. The highest BCUT2D eigenvalue weighted by Crippen LogP contribution is 2.18. The summed E-state index contributed by atoms with van der Waals surface area (Å²) in [7, 11) is 1.56. The average molecular weight is 317 g/mol. The monoisotopic (exact) mass is 317 g/mol. The quantitative estimate of drug-likeness (QED) is 0.815. The number of ether oxygens (including phenoxy) is 2. The second kappa shape index (κ2) is 7.98. The molecule has 7 nitrogen and oxygen atoms in total. The van der Waals surface area contributed by atoms with Crippen LogP contribution in [0.15, 0.2) is 41.5 Å². The zero-order valence-electron chi connectivity index (χ0n) is 13.1. The summed E-state index contributed by atoms with van der Waals surface area (Å²) >= 11 is 0. The molecule has 0 bridgehead atoms. The van der Waals surface area contributed by atoms with Crippen LogP contribution in [0.1, 0.15) is 5.69 Å². The van der Waals surface area contributed by atoms with Crippen LogP contribution in [-0.2, 0) is 11.3 Å². The van der Waals surface area contributed by atoms with Gasteiger partial charge in [0.25, 0.3) is 11.5 Å². The zero-order valence-corrected chi connectivity index (χ0v) is 13.1. The Morgan fingerprint density at radius 1 is 1.30 bits per heavy atom. The van der Waals surface area contributed by atoms with Crippen LogP contribution in [-0.4, -0.2) is 35.7 Å². The first-order valence-corrected chi connectivity index (χ1v) is 7.15. The topological polar surface area (TPSA) is 82.4 Å². The number of nitrogens with one attached hydrogen (secondary N) is 1. The van der Waals surface area contributed by atoms with Crippen molar-refractivity contribution in [3.8, 4) is 11.5 Å². The van der Waals surface area contributed by atoms with E-state index in [2.05, 4.69) is 10.3 Å². The molecule has 1 N–H and O–H groups in total. The Hall–Kier alpha value is -2.83. The van der Waals surface area contributed by atoms with Crippen LogP contribution in [0.5, 0.6) is 11.5 Å². The highest BCUT2D eigenvalue weighted by molar-refractivity contribution is 5.77. The lowest BCUT2D eigenvalue weighted by molar-refractivity contribution is -0.123. The van der Waals surface area contributed by atoms with Crippen LogP contribution in [0.4, 0.5) is 0 Å². The average Bonchev–Trinajstić information content (AvgIpc) is 2.55. The van der Waals surface area contributed by atoms with Gasteiger partial charge in [0, 0.05) is 30.9 Å². The Labute approximate surface area is 133 Å². The third kappa shape index (κ3) is 5.14. The van der Waals surface area contributed by atoms with E-state index in [1.54, 1.807) is 38.3 Å². The molecule has 0 aliphatic carbocycles. The molecule has 0 fully saturated rings. The molecule has 0 saturated heterocycles. The molecule has 0 radical (unpaired) electrons. The van der Waals surface area contributed by atoms with Gasteiger partial charge in [0.2, 0.25) is 0 Å². The number of nitrogens with zero attached hydrogens (tertiary/aromatic N) is 2. The molecule has 1 aromatic heterocycles. The Kier molecular flexibility index (Phi) is 5.74. The first-order valence-electron chi connectivity index (χ1n) is 7.15. The molecule has 2 rings (SSSR count). The molecule has 0 aliphatic heterocycles. The van der Waals surface area contributed by atoms with Gasteiger partial charge < -0.3 is 14.8 Å². The van der Waals surface area contributed by atoms with E-state index in [9.17, 15) is 9.59 Å². The lowest BCUT2D eigenvalue weighted by atomic mass is 10.3. The third-order valence-electron chi connectivity index (χ3n) is 3.10. The number of aromatic nitrogens is 2. The standard InChI is InChI=1S/C16H19N3O4/c1-12-8-16(21)19(11-18-12)7-6-17-15(20)10-23-14-5-3-4-13(9-14)22-2/h3-5,8-9,11H,6-7,10H2,1-2H3,(H,17,20). The van der Waals surface area contributed by atoms with Gasteiger partial charge in [-0.3, -0.25) is 14.2 Å². The number of aryl methyl sites for hydroxylation is 1. The number of benzene rings is 1. The number of carbonyl (C=O) groups excluding carboxylic acids is 1. The molecule has 0 atom stereocenters. The maximum absolute atomic E-state index is 11.7. The predicted molar refractivity (Wildman–Crippen MR) is 84.7 cm³/mol. The number of methoxy groups -OCH3 is 1. The first kappa shape index (κ1) is 16.5. The zero-order chi connectivity index (χ0) is 16.7. The van der Waals surface area contributed by atoms with Gasteiger partial charge in [0.1, 0.15) is 11.5 Å². The molecular formula is C16H19N3O4. The van der Waals surface area contributed by atoms with Crippen molar-refractivity contribution >= 4 is 5.91 Å². The van der Waals surface area contributed by atoms with Crippen molar-refractivity contribution in [2.75, 3.05) is 20.3 Å². The summed E-state index contributed by atoms with van der Waals surface area (Å²) < 4.78 is 11.9. The van der Waals surface area contributed by atoms with E-state index < -0.39 is 0 Å². The summed E-state index contributed by atoms with van der Waals surface area (Å²) in [6, 6.07) is 8.47. The second-order valence-corrected chi connectivity index (χ2v) is 4.88. The van der Waals surface area contributed by atoms with Crippen LogP contribution in [0.3, 0.4) is 0 Å². The van der Waals surface area contributed by atoms with Crippen molar-refractivity contribution in [1.29, 1.82) is 0 Å². The van der Waals surface area contributed by atoms with Gasteiger partial charge in [-0.2, -0.15) is 0 Å². The van der Waals surface area contributed by atoms with Crippen LogP contribution >= 0.6 is 0 Å². The van der Waals surface area contributed by atoms with E-state index in [1.165, 1.54) is 17.0 Å². The molecule has 0 spiro atoms. The molecule has 0 saturated carbocycles. The summed E-state index contributed by atoms with van der Waals surface area (Å²) in [5.41, 5.74) is 0.529. The van der Waals surface area contributed by atoms with E-state index in [1.807, 2.05) is 0 Å². The number of hydrogen-bond acceptors (Lipinski definition) is 5. The minimum absolute atomic E-state index is 0.103. The number of amides is 1. The maximum atomic E-state index is 11.7. The fraction of sp³-hybridized carbons (Fsp3) is 0.312. The van der Waals surface area contributed by atoms with Gasteiger partial charge in [-0.1, -0.05) is 6.07 Å². The van der Waals surface area contributed by atoms with Crippen LogP contribution in [0, 0.1) is 6.92 Å². The molecule has 1 amide bonds. The molecular weight excluding hydrogens is 298 g/mol. The molecule has 7 heteroatoms. The van der Waals surface area contributed by atoms with E-state index in [-0.39, 0.29) is 18.1 Å². The Bertz CT molecular complexity index is 727. The molecule has 0 unspecified atom stereocenters. The molecule has 1 heterocycles. The summed E-state index contributed by atoms with van der Waals surface area (Å²) in [6.07, 6.45) is 1.47. The third-order valence-corrected chi connectivity index (χ3v) is 3.10. The maximum Gasteiger partial charge on any atom is 0.258 e. The van der Waals surface area contributed by atoms with Crippen molar-refractivity contribution < 1.29 is 14.3 Å². The smallest absolute Gasteiger partial charge is 0.258 e. The van der Waals surface area contributed by atoms with E-state index in [4.69, 9.17) is 9.47 Å². The fourth-order valence-electron chi connectivity index (χ4n) is 1.89. The summed E-state index contributed by atoms with van der Waals surface area (Å²) in [6.45, 7) is 2.33. The second-order valence-electron chi connectivity index (χ2n) is 4.88. The summed E-state index contributed by atoms with van der Waals surface area (Å²) in [4.78, 5) is 27.4. The molecule has 2 aromatic rings. The Morgan fingerprint density at radius 3 is 2.83 bits per heavy atom. The van der Waals surface area contributed by atoms with E-state index in [0.717, 1.165) is 0 Å². The summed E-state index contributed by atoms with van der Waals surface area (Å²) in [5.74, 6) is 0.952. The van der Waals surface area contributed by atoms with Crippen LogP contribution in [0.2, 0.25) is 0 Å². The van der Waals surface area contributed by atoms with Gasteiger partial charge in [-0.15, -0.1) is 0 Å². The molecule has 23 heavy (non-hydrogen) atoms. The minimum atomic E-state index is -0.263. The molecule has 1 aromatic carbocycles. The first-order chi connectivity index (χ1) is 11.1. The van der Waals surface area contributed by atoms with Crippen LogP contribution < -0.4 is 20.3 Å². The van der Waals surface area contributed by atoms with Gasteiger partial charge in [0.05, 0.1) is 13.4 Å². The lowest BCUT2D eigenvalue weighted by Gasteiger charge is -2.09. The van der Waals surface area contributed by atoms with Crippen molar-refractivity contribution in [2.45, 2.75) is 13.5 Å². The molecule has 122 valence electrons. The van der Waals surface area contributed by atoms with Gasteiger partial charge in [-0.05, 0) is 19.1 Å². The van der Waals surface area contributed by atoms with E-state index >= 15 is 0 Å². The lowest BCUT2D eigenvalue weighted by Crippen LogP contribution is -2.33. The number of rotatable bonds is 7.